The van der Waals surface area contributed by atoms with Crippen LogP contribution in [0.1, 0.15) is 42.9 Å². The Kier molecular flexibility index (Phi) is 12.2. The van der Waals surface area contributed by atoms with Gasteiger partial charge in [-0.1, -0.05) is 71.4 Å². The van der Waals surface area contributed by atoms with E-state index in [1.807, 2.05) is 61.5 Å². The van der Waals surface area contributed by atoms with E-state index in [4.69, 9.17) is 0 Å². The third kappa shape index (κ3) is 10.4. The number of rotatable bonds is 14. The van der Waals surface area contributed by atoms with E-state index < -0.39 is 27.8 Å². The van der Waals surface area contributed by atoms with Gasteiger partial charge in [0.15, 0.2) is 0 Å². The Balaban J connectivity index is 1.89. The van der Waals surface area contributed by atoms with Crippen molar-refractivity contribution in [3.8, 4) is 0 Å². The molecular formula is C31H35BrF3N3O4S. The summed E-state index contributed by atoms with van der Waals surface area (Å²) in [5, 5.41) is 2.90. The molecule has 0 aromatic heterocycles. The number of halogens is 4. The Labute approximate surface area is 259 Å². The quantitative estimate of drug-likeness (QED) is 0.220. The number of amides is 2. The molecular weight excluding hydrogens is 647 g/mol. The fourth-order valence-electron chi connectivity index (χ4n) is 4.59. The largest absolute Gasteiger partial charge is 0.416 e. The zero-order valence-corrected chi connectivity index (χ0v) is 26.4. The van der Waals surface area contributed by atoms with Crippen LogP contribution in [0.4, 0.5) is 18.9 Å². The highest BCUT2D eigenvalue weighted by Crippen LogP contribution is 2.32. The van der Waals surface area contributed by atoms with Crippen LogP contribution in [0.2, 0.25) is 0 Å². The third-order valence-electron chi connectivity index (χ3n) is 6.68. The summed E-state index contributed by atoms with van der Waals surface area (Å²) in [4.78, 5) is 28.7. The van der Waals surface area contributed by atoms with Gasteiger partial charge in [-0.05, 0) is 54.3 Å². The molecule has 0 fully saturated rings. The van der Waals surface area contributed by atoms with E-state index >= 15 is 0 Å². The molecule has 43 heavy (non-hydrogen) atoms. The fourth-order valence-corrected chi connectivity index (χ4v) is 6.00. The van der Waals surface area contributed by atoms with Crippen LogP contribution in [0.25, 0.3) is 0 Å². The summed E-state index contributed by atoms with van der Waals surface area (Å²) in [6.45, 7) is 2.26. The van der Waals surface area contributed by atoms with Gasteiger partial charge in [-0.2, -0.15) is 13.2 Å². The molecule has 7 nitrogen and oxygen atoms in total. The van der Waals surface area contributed by atoms with Crippen LogP contribution in [0.5, 0.6) is 0 Å². The molecule has 3 aromatic rings. The predicted molar refractivity (Wildman–Crippen MR) is 165 cm³/mol. The lowest BCUT2D eigenvalue weighted by molar-refractivity contribution is -0.141. The normalized spacial score (nSPS) is 12.4. The molecule has 0 aliphatic heterocycles. The molecule has 3 rings (SSSR count). The minimum absolute atomic E-state index is 0.0196. The minimum Gasteiger partial charge on any atom is -0.354 e. The first-order valence-corrected chi connectivity index (χ1v) is 16.4. The van der Waals surface area contributed by atoms with Gasteiger partial charge in [-0.3, -0.25) is 13.9 Å². The Morgan fingerprint density at radius 3 is 2.26 bits per heavy atom. The zero-order chi connectivity index (χ0) is 31.6. The molecule has 12 heteroatoms. The van der Waals surface area contributed by atoms with Crippen molar-refractivity contribution in [1.82, 2.24) is 10.2 Å². The number of hydrogen-bond acceptors (Lipinski definition) is 4. The SMILES string of the molecule is CCCNC(=O)[C@@H](Cc1ccccc1)N(Cc1cccc(Br)c1)C(=O)CCCN(c1cccc(C(F)(F)F)c1)S(C)(=O)=O. The van der Waals surface area contributed by atoms with Crippen molar-refractivity contribution >= 4 is 43.5 Å². The van der Waals surface area contributed by atoms with Crippen molar-refractivity contribution in [2.45, 2.75) is 51.4 Å². The van der Waals surface area contributed by atoms with Gasteiger partial charge in [-0.25, -0.2) is 8.42 Å². The minimum atomic E-state index is -4.64. The molecule has 0 bridgehead atoms. The van der Waals surface area contributed by atoms with Gasteiger partial charge in [0.25, 0.3) is 0 Å². The number of benzene rings is 3. The second-order valence-electron chi connectivity index (χ2n) is 10.1. The van der Waals surface area contributed by atoms with Crippen LogP contribution < -0.4 is 9.62 Å². The molecule has 0 heterocycles. The van der Waals surface area contributed by atoms with Crippen LogP contribution in [-0.4, -0.2) is 50.5 Å². The van der Waals surface area contributed by atoms with E-state index in [1.54, 1.807) is 0 Å². The number of carbonyl (C=O) groups excluding carboxylic acids is 2. The topological polar surface area (TPSA) is 86.8 Å². The summed E-state index contributed by atoms with van der Waals surface area (Å²) < 4.78 is 66.7. The van der Waals surface area contributed by atoms with Crippen molar-refractivity contribution in [3.63, 3.8) is 0 Å². The summed E-state index contributed by atoms with van der Waals surface area (Å²) in [7, 11) is -3.96. The van der Waals surface area contributed by atoms with Gasteiger partial charge < -0.3 is 10.2 Å². The highest BCUT2D eigenvalue weighted by atomic mass is 79.9. The second kappa shape index (κ2) is 15.4. The van der Waals surface area contributed by atoms with Crippen LogP contribution in [0, 0.1) is 0 Å². The van der Waals surface area contributed by atoms with Crippen molar-refractivity contribution in [2.24, 2.45) is 0 Å². The van der Waals surface area contributed by atoms with Gasteiger partial charge in [-0.15, -0.1) is 0 Å². The van der Waals surface area contributed by atoms with Crippen LogP contribution in [0.3, 0.4) is 0 Å². The van der Waals surface area contributed by atoms with E-state index in [1.165, 1.54) is 11.0 Å². The molecule has 0 saturated carbocycles. The molecule has 1 atom stereocenters. The van der Waals surface area contributed by atoms with Crippen molar-refractivity contribution < 1.29 is 31.2 Å². The molecule has 0 unspecified atom stereocenters. The van der Waals surface area contributed by atoms with Crippen LogP contribution in [-0.2, 0) is 38.8 Å². The summed E-state index contributed by atoms with van der Waals surface area (Å²) in [6.07, 6.45) is -2.88. The number of nitrogens with one attached hydrogen (secondary N) is 1. The maximum absolute atomic E-state index is 13.8. The first-order valence-electron chi connectivity index (χ1n) is 13.8. The average Bonchev–Trinajstić information content (AvgIpc) is 2.95. The van der Waals surface area contributed by atoms with Crippen LogP contribution >= 0.6 is 15.9 Å². The summed E-state index contributed by atoms with van der Waals surface area (Å²) in [5.74, 6) is -0.694. The maximum atomic E-state index is 13.8. The van der Waals surface area contributed by atoms with Gasteiger partial charge in [0, 0.05) is 36.9 Å². The Morgan fingerprint density at radius 2 is 1.63 bits per heavy atom. The molecule has 0 radical (unpaired) electrons. The Hall–Kier alpha value is -3.38. The van der Waals surface area contributed by atoms with E-state index in [0.29, 0.717) is 13.0 Å². The van der Waals surface area contributed by atoms with Gasteiger partial charge in [0.1, 0.15) is 6.04 Å². The highest BCUT2D eigenvalue weighted by molar-refractivity contribution is 9.10. The summed E-state index contributed by atoms with van der Waals surface area (Å²) in [6, 6.07) is 19.9. The number of anilines is 1. The molecule has 0 aliphatic carbocycles. The monoisotopic (exact) mass is 681 g/mol. The predicted octanol–water partition coefficient (Wildman–Crippen LogP) is 6.18. The maximum Gasteiger partial charge on any atom is 0.416 e. The average molecular weight is 683 g/mol. The lowest BCUT2D eigenvalue weighted by Crippen LogP contribution is -2.50. The second-order valence-corrected chi connectivity index (χ2v) is 13.0. The summed E-state index contributed by atoms with van der Waals surface area (Å²) >= 11 is 3.44. The first-order chi connectivity index (χ1) is 20.3. The molecule has 0 saturated heterocycles. The van der Waals surface area contributed by atoms with Gasteiger partial charge in [0.05, 0.1) is 17.5 Å². The highest BCUT2D eigenvalue weighted by Gasteiger charge is 2.32. The fraction of sp³-hybridized carbons (Fsp3) is 0.355. The smallest absolute Gasteiger partial charge is 0.354 e. The molecule has 0 aliphatic rings. The van der Waals surface area contributed by atoms with Gasteiger partial charge in [0.2, 0.25) is 21.8 Å². The molecule has 2 amide bonds. The van der Waals surface area contributed by atoms with Crippen molar-refractivity contribution in [1.29, 1.82) is 0 Å². The molecule has 1 N–H and O–H groups in total. The zero-order valence-electron chi connectivity index (χ0n) is 24.0. The lowest BCUT2D eigenvalue weighted by Gasteiger charge is -2.32. The lowest BCUT2D eigenvalue weighted by atomic mass is 10.0. The van der Waals surface area contributed by atoms with E-state index in [9.17, 15) is 31.2 Å². The molecule has 0 spiro atoms. The first kappa shape index (κ1) is 34.1. The summed E-state index contributed by atoms with van der Waals surface area (Å²) in [5.41, 5.74) is 0.526. The Bertz CT molecular complexity index is 1490. The van der Waals surface area contributed by atoms with Gasteiger partial charge >= 0.3 is 6.18 Å². The van der Waals surface area contributed by atoms with Crippen molar-refractivity contribution in [3.05, 3.63) is 100 Å². The molecule has 3 aromatic carbocycles. The number of sulfonamides is 1. The molecule has 232 valence electrons. The number of hydrogen-bond donors (Lipinski definition) is 1. The number of alkyl halides is 3. The van der Waals surface area contributed by atoms with Crippen molar-refractivity contribution in [2.75, 3.05) is 23.7 Å². The Morgan fingerprint density at radius 1 is 0.953 bits per heavy atom. The van der Waals surface area contributed by atoms with E-state index in [2.05, 4.69) is 21.2 Å². The van der Waals surface area contributed by atoms with Crippen LogP contribution in [0.15, 0.2) is 83.3 Å². The number of nitrogens with zero attached hydrogens (tertiary/aromatic N) is 2. The number of carbonyl (C=O) groups is 2. The standard InChI is InChI=1S/C31H35BrF3N3O4S/c1-3-17-36-30(40)28(20-23-10-5-4-6-11-23)37(22-24-12-7-14-26(32)19-24)29(39)16-9-18-38(43(2,41)42)27-15-8-13-25(21-27)31(33,34)35/h4-8,10-15,19,21,28H,3,9,16-18,20,22H2,1-2H3,(H,36,40)/t28-/m1/s1. The van der Waals surface area contributed by atoms with E-state index in [-0.39, 0.29) is 49.9 Å². The van der Waals surface area contributed by atoms with E-state index in [0.717, 1.165) is 44.4 Å². The third-order valence-corrected chi connectivity index (χ3v) is 8.36.